The van der Waals surface area contributed by atoms with Gasteiger partial charge < -0.3 is 20.3 Å². The lowest BCUT2D eigenvalue weighted by atomic mass is 9.92. The van der Waals surface area contributed by atoms with Gasteiger partial charge in [-0.15, -0.1) is 0 Å². The number of halogens is 1. The SMILES string of the molecule is CCC(F)COC(=O)C(N)(Cc1ccc(N2CC(=O)N(Cc3ccc(OC)cc3)S2(=O)=O)cc1)C(=O)O. The number of carbonyl (C=O) groups excluding carboxylic acids is 2. The maximum atomic E-state index is 13.4. The Kier molecular flexibility index (Phi) is 8.39. The number of rotatable bonds is 11. The highest BCUT2D eigenvalue weighted by molar-refractivity contribution is 7.91. The molecule has 0 saturated carbocycles. The quantitative estimate of drug-likeness (QED) is 0.319. The van der Waals surface area contributed by atoms with Crippen LogP contribution in [0.1, 0.15) is 24.5 Å². The lowest BCUT2D eigenvalue weighted by Crippen LogP contribution is -2.57. The second-order valence-electron chi connectivity index (χ2n) is 8.49. The summed E-state index contributed by atoms with van der Waals surface area (Å²) in [5.74, 6) is -2.98. The van der Waals surface area contributed by atoms with Crippen molar-refractivity contribution < 1.29 is 41.8 Å². The van der Waals surface area contributed by atoms with Gasteiger partial charge in [-0.3, -0.25) is 4.79 Å². The Labute approximate surface area is 213 Å². The summed E-state index contributed by atoms with van der Waals surface area (Å²) in [6.45, 7) is 0.351. The zero-order valence-electron chi connectivity index (χ0n) is 20.3. The molecule has 2 aromatic rings. The van der Waals surface area contributed by atoms with E-state index in [-0.39, 0.29) is 24.2 Å². The third-order valence-electron chi connectivity index (χ3n) is 5.89. The van der Waals surface area contributed by atoms with E-state index in [1.807, 2.05) is 0 Å². The van der Waals surface area contributed by atoms with Crippen LogP contribution in [0.25, 0.3) is 0 Å². The number of benzene rings is 2. The largest absolute Gasteiger partial charge is 0.497 e. The van der Waals surface area contributed by atoms with Crippen molar-refractivity contribution in [3.05, 3.63) is 59.7 Å². The van der Waals surface area contributed by atoms with E-state index in [2.05, 4.69) is 0 Å². The summed E-state index contributed by atoms with van der Waals surface area (Å²) in [5.41, 5.74) is 4.38. The van der Waals surface area contributed by atoms with Crippen LogP contribution in [0, 0.1) is 0 Å². The van der Waals surface area contributed by atoms with Gasteiger partial charge in [-0.25, -0.2) is 22.6 Å². The maximum absolute atomic E-state index is 13.4. The zero-order valence-corrected chi connectivity index (χ0v) is 21.1. The highest BCUT2D eigenvalue weighted by atomic mass is 32.2. The molecule has 0 radical (unpaired) electrons. The summed E-state index contributed by atoms with van der Waals surface area (Å²) < 4.78 is 51.1. The number of esters is 1. The molecule has 1 heterocycles. The van der Waals surface area contributed by atoms with Crippen molar-refractivity contribution in [2.45, 2.75) is 38.0 Å². The molecule has 37 heavy (non-hydrogen) atoms. The molecule has 11 nitrogen and oxygen atoms in total. The number of hydrogen-bond acceptors (Lipinski definition) is 8. The average molecular weight is 538 g/mol. The van der Waals surface area contributed by atoms with Gasteiger partial charge in [0.15, 0.2) is 0 Å². The summed E-state index contributed by atoms with van der Waals surface area (Å²) >= 11 is 0. The summed E-state index contributed by atoms with van der Waals surface area (Å²) in [5, 5.41) is 9.53. The lowest BCUT2D eigenvalue weighted by molar-refractivity contribution is -0.162. The molecule has 0 aromatic heterocycles. The van der Waals surface area contributed by atoms with E-state index in [9.17, 15) is 32.3 Å². The van der Waals surface area contributed by atoms with Gasteiger partial charge in [-0.2, -0.15) is 8.42 Å². The smallest absolute Gasteiger partial charge is 0.338 e. The minimum Gasteiger partial charge on any atom is -0.497 e. The second kappa shape index (κ2) is 11.1. The number of nitrogens with two attached hydrogens (primary N) is 1. The molecule has 2 atom stereocenters. The molecule has 1 aliphatic rings. The van der Waals surface area contributed by atoms with Crippen molar-refractivity contribution in [3.8, 4) is 5.75 Å². The third-order valence-corrected chi connectivity index (χ3v) is 7.68. The molecule has 0 spiro atoms. The number of methoxy groups -OCH3 is 1. The Morgan fingerprint density at radius 2 is 1.73 bits per heavy atom. The van der Waals surface area contributed by atoms with Gasteiger partial charge in [-0.1, -0.05) is 31.2 Å². The molecule has 2 aromatic carbocycles. The fraction of sp³-hybridized carbons (Fsp3) is 0.375. The monoisotopic (exact) mass is 537 g/mol. The number of aliphatic carboxylic acids is 1. The first kappa shape index (κ1) is 27.9. The molecule has 1 amide bonds. The molecule has 3 N–H and O–H groups in total. The van der Waals surface area contributed by atoms with Crippen molar-refractivity contribution in [2.75, 3.05) is 24.6 Å². The minimum absolute atomic E-state index is 0.0822. The number of alkyl halides is 1. The Bertz CT molecular complexity index is 1250. The Morgan fingerprint density at radius 1 is 1.14 bits per heavy atom. The van der Waals surface area contributed by atoms with Crippen LogP contribution in [0.3, 0.4) is 0 Å². The average Bonchev–Trinajstić information content (AvgIpc) is 3.10. The van der Waals surface area contributed by atoms with Gasteiger partial charge in [0.2, 0.25) is 5.54 Å². The van der Waals surface area contributed by atoms with Crippen molar-refractivity contribution in [1.29, 1.82) is 0 Å². The van der Waals surface area contributed by atoms with Crippen LogP contribution >= 0.6 is 0 Å². The first-order valence-corrected chi connectivity index (χ1v) is 12.7. The van der Waals surface area contributed by atoms with Crippen LogP contribution in [0.15, 0.2) is 48.5 Å². The van der Waals surface area contributed by atoms with Crippen LogP contribution in [0.2, 0.25) is 0 Å². The molecule has 200 valence electrons. The number of carboxylic acids is 1. The highest BCUT2D eigenvalue weighted by Gasteiger charge is 2.45. The second-order valence-corrected chi connectivity index (χ2v) is 10.3. The summed E-state index contributed by atoms with van der Waals surface area (Å²) in [7, 11) is -2.68. The molecule has 3 rings (SSSR count). The number of anilines is 1. The molecule has 1 fully saturated rings. The van der Waals surface area contributed by atoms with E-state index in [1.54, 1.807) is 31.2 Å². The number of ether oxygens (including phenoxy) is 2. The van der Waals surface area contributed by atoms with Crippen molar-refractivity contribution >= 4 is 33.7 Å². The summed E-state index contributed by atoms with van der Waals surface area (Å²) in [6, 6.07) is 12.2. The van der Waals surface area contributed by atoms with Gasteiger partial charge in [0.1, 0.15) is 25.1 Å². The Hall–Kier alpha value is -3.71. The van der Waals surface area contributed by atoms with E-state index in [1.165, 1.54) is 31.4 Å². The van der Waals surface area contributed by atoms with E-state index in [4.69, 9.17) is 15.2 Å². The first-order valence-electron chi connectivity index (χ1n) is 11.3. The van der Waals surface area contributed by atoms with Gasteiger partial charge in [-0.05, 0) is 41.8 Å². The summed E-state index contributed by atoms with van der Waals surface area (Å²) in [4.78, 5) is 36.6. The standard InChI is InChI=1S/C24H28FN3O8S/c1-3-18(25)15-36-23(32)24(26,22(30)31)12-16-4-8-19(9-5-16)27-14-21(29)28(37(27,33)34)13-17-6-10-20(35-2)11-7-17/h4-11,18H,3,12-15,26H2,1-2H3,(H,30,31). The molecular formula is C24H28FN3O8S. The fourth-order valence-electron chi connectivity index (χ4n) is 3.57. The molecule has 0 aliphatic carbocycles. The van der Waals surface area contributed by atoms with E-state index < -0.39 is 59.3 Å². The van der Waals surface area contributed by atoms with E-state index >= 15 is 0 Å². The normalized spacial score (nSPS) is 17.2. The van der Waals surface area contributed by atoms with Gasteiger partial charge in [0.05, 0.1) is 19.3 Å². The lowest BCUT2D eigenvalue weighted by Gasteiger charge is -2.24. The minimum atomic E-state index is -4.18. The van der Waals surface area contributed by atoms with Gasteiger partial charge in [0, 0.05) is 6.42 Å². The van der Waals surface area contributed by atoms with Crippen LogP contribution < -0.4 is 14.8 Å². The number of nitrogens with zero attached hydrogens (tertiary/aromatic N) is 2. The molecule has 0 bridgehead atoms. The van der Waals surface area contributed by atoms with Crippen molar-refractivity contribution in [1.82, 2.24) is 4.31 Å². The highest BCUT2D eigenvalue weighted by Crippen LogP contribution is 2.28. The fourth-order valence-corrected chi connectivity index (χ4v) is 5.10. The molecule has 1 saturated heterocycles. The number of carboxylic acid groups (broad SMARTS) is 1. The first-order chi connectivity index (χ1) is 17.4. The van der Waals surface area contributed by atoms with E-state index in [0.29, 0.717) is 11.3 Å². The zero-order chi connectivity index (χ0) is 27.4. The number of carbonyl (C=O) groups is 3. The third kappa shape index (κ3) is 6.00. The number of amides is 1. The Morgan fingerprint density at radius 3 is 2.27 bits per heavy atom. The van der Waals surface area contributed by atoms with Crippen LogP contribution in [-0.2, 0) is 42.3 Å². The molecule has 2 unspecified atom stereocenters. The van der Waals surface area contributed by atoms with Crippen molar-refractivity contribution in [3.63, 3.8) is 0 Å². The molecule has 13 heteroatoms. The van der Waals surface area contributed by atoms with Crippen LogP contribution in [0.4, 0.5) is 10.1 Å². The number of hydrogen-bond donors (Lipinski definition) is 2. The van der Waals surface area contributed by atoms with E-state index in [0.717, 1.165) is 8.61 Å². The van der Waals surface area contributed by atoms with Crippen LogP contribution in [0.5, 0.6) is 5.75 Å². The maximum Gasteiger partial charge on any atom is 0.338 e. The predicted octanol–water partition coefficient (Wildman–Crippen LogP) is 1.40. The predicted molar refractivity (Wildman–Crippen MR) is 131 cm³/mol. The van der Waals surface area contributed by atoms with Crippen LogP contribution in [-0.4, -0.2) is 67.6 Å². The van der Waals surface area contributed by atoms with Gasteiger partial charge >= 0.3 is 22.1 Å². The molecule has 1 aliphatic heterocycles. The van der Waals surface area contributed by atoms with Crippen molar-refractivity contribution in [2.24, 2.45) is 5.73 Å². The van der Waals surface area contributed by atoms with Gasteiger partial charge in [0.25, 0.3) is 5.91 Å². The molecular weight excluding hydrogens is 509 g/mol. The topological polar surface area (TPSA) is 157 Å². The summed E-state index contributed by atoms with van der Waals surface area (Å²) in [6.07, 6.45) is -1.85. The Balaban J connectivity index is 1.75.